The molecule has 0 saturated carbocycles. The van der Waals surface area contributed by atoms with Crippen molar-refractivity contribution in [3.05, 3.63) is 62.3 Å². The summed E-state index contributed by atoms with van der Waals surface area (Å²) in [6.07, 6.45) is 1.24. The van der Waals surface area contributed by atoms with Gasteiger partial charge in [0, 0.05) is 13.2 Å². The molecule has 13 heteroatoms. The molecule has 3 rings (SSSR count). The van der Waals surface area contributed by atoms with Crippen LogP contribution in [-0.2, 0) is 17.1 Å². The molecule has 1 amide bonds. The molecule has 0 bridgehead atoms. The summed E-state index contributed by atoms with van der Waals surface area (Å²) in [5, 5.41) is -0.432. The van der Waals surface area contributed by atoms with E-state index in [0.717, 1.165) is 10.8 Å². The van der Waals surface area contributed by atoms with Crippen LogP contribution in [0.4, 0.5) is 8.78 Å². The molecule has 0 atom stereocenters. The van der Waals surface area contributed by atoms with Crippen molar-refractivity contribution < 1.29 is 26.8 Å². The summed E-state index contributed by atoms with van der Waals surface area (Å²) in [6, 6.07) is 1.37. The summed E-state index contributed by atoms with van der Waals surface area (Å²) in [4.78, 5) is 44.0. The van der Waals surface area contributed by atoms with Crippen LogP contribution < -0.4 is 10.3 Å². The number of halogens is 3. The van der Waals surface area contributed by atoms with Crippen LogP contribution in [0.3, 0.4) is 0 Å². The maximum absolute atomic E-state index is 15.0. The molecular formula is C18H15ClF2N4O5S. The van der Waals surface area contributed by atoms with Gasteiger partial charge >= 0.3 is 0 Å². The summed E-state index contributed by atoms with van der Waals surface area (Å²) < 4.78 is 55.6. The Bertz CT molecular complexity index is 1400. The molecule has 0 aliphatic heterocycles. The maximum Gasteiger partial charge on any atom is 0.267 e. The average molecular weight is 473 g/mol. The highest BCUT2D eigenvalue weighted by molar-refractivity contribution is 7.90. The van der Waals surface area contributed by atoms with Gasteiger partial charge in [-0.3, -0.25) is 19.0 Å². The van der Waals surface area contributed by atoms with E-state index in [0.29, 0.717) is 12.1 Å². The Kier molecular flexibility index (Phi) is 5.96. The number of benzene rings is 1. The molecule has 2 heterocycles. The van der Waals surface area contributed by atoms with Gasteiger partial charge in [-0.05, 0) is 30.2 Å². The largest absolute Gasteiger partial charge is 0.345 e. The van der Waals surface area contributed by atoms with Crippen molar-refractivity contribution in [2.75, 3.05) is 5.75 Å². The second-order valence-electron chi connectivity index (χ2n) is 6.53. The standard InChI is InChI=1S/C18H15ClF2N4O5S/c1-3-6-31(29,30)24-16(27)8-4-5-10(20)12(13(8)21)14(26)9-7-22-15-11(9)17(28)25(2)18(19)23-15/h4-5,7,22H,3,6H2,1-2H3,(H,24,27). The molecular weight excluding hydrogens is 458 g/mol. The fraction of sp³-hybridized carbons (Fsp3) is 0.222. The number of fused-ring (bicyclic) bond motifs is 1. The summed E-state index contributed by atoms with van der Waals surface area (Å²) >= 11 is 5.81. The number of aromatic amines is 1. The van der Waals surface area contributed by atoms with Crippen molar-refractivity contribution in [1.82, 2.24) is 19.3 Å². The molecule has 0 saturated heterocycles. The van der Waals surface area contributed by atoms with Gasteiger partial charge in [-0.25, -0.2) is 26.9 Å². The number of H-pyrrole nitrogens is 1. The number of nitrogens with one attached hydrogen (secondary N) is 2. The molecule has 0 spiro atoms. The molecule has 3 aromatic rings. The molecule has 0 unspecified atom stereocenters. The second-order valence-corrected chi connectivity index (χ2v) is 8.71. The number of hydrogen-bond acceptors (Lipinski definition) is 6. The van der Waals surface area contributed by atoms with E-state index in [4.69, 9.17) is 11.6 Å². The fourth-order valence-electron chi connectivity index (χ4n) is 2.90. The zero-order valence-corrected chi connectivity index (χ0v) is 17.7. The number of nitrogens with zero attached hydrogens (tertiary/aromatic N) is 2. The third-order valence-electron chi connectivity index (χ3n) is 4.39. The Hall–Kier alpha value is -3.12. The predicted molar refractivity (Wildman–Crippen MR) is 108 cm³/mol. The molecule has 164 valence electrons. The minimum Gasteiger partial charge on any atom is -0.345 e. The number of amides is 1. The Morgan fingerprint density at radius 3 is 2.58 bits per heavy atom. The summed E-state index contributed by atoms with van der Waals surface area (Å²) in [5.74, 6) is -5.86. The number of hydrogen-bond donors (Lipinski definition) is 2. The van der Waals surface area contributed by atoms with Crippen LogP contribution in [0, 0.1) is 11.6 Å². The first kappa shape index (κ1) is 22.6. The van der Waals surface area contributed by atoms with Crippen molar-refractivity contribution in [2.24, 2.45) is 7.05 Å². The van der Waals surface area contributed by atoms with Crippen LogP contribution in [-0.4, -0.2) is 40.4 Å². The van der Waals surface area contributed by atoms with Crippen molar-refractivity contribution >= 4 is 44.3 Å². The molecule has 0 aliphatic carbocycles. The van der Waals surface area contributed by atoms with E-state index in [9.17, 15) is 31.6 Å². The summed E-state index contributed by atoms with van der Waals surface area (Å²) in [7, 11) is -2.75. The SMILES string of the molecule is CCCS(=O)(=O)NC(=O)c1ccc(F)c(C(=O)c2c[nH]c3nc(Cl)n(C)c(=O)c23)c1F. The van der Waals surface area contributed by atoms with Gasteiger partial charge in [0.15, 0.2) is 0 Å². The normalized spacial score (nSPS) is 11.6. The van der Waals surface area contributed by atoms with Gasteiger partial charge in [-0.1, -0.05) is 6.92 Å². The molecule has 31 heavy (non-hydrogen) atoms. The molecule has 0 aliphatic rings. The van der Waals surface area contributed by atoms with E-state index in [1.54, 1.807) is 11.6 Å². The third-order valence-corrected chi connectivity index (χ3v) is 6.17. The Balaban J connectivity index is 2.12. The topological polar surface area (TPSA) is 131 Å². The Morgan fingerprint density at radius 1 is 1.26 bits per heavy atom. The minimum atomic E-state index is -4.04. The summed E-state index contributed by atoms with van der Waals surface area (Å²) in [5.41, 5.74) is -3.18. The third kappa shape index (κ3) is 4.08. The molecule has 1 aromatic carbocycles. The highest BCUT2D eigenvalue weighted by atomic mass is 35.5. The zero-order chi connectivity index (χ0) is 23.1. The number of sulfonamides is 1. The highest BCUT2D eigenvalue weighted by Crippen LogP contribution is 2.24. The predicted octanol–water partition coefficient (Wildman–Crippen LogP) is 1.89. The van der Waals surface area contributed by atoms with Gasteiger partial charge in [-0.15, -0.1) is 0 Å². The smallest absolute Gasteiger partial charge is 0.267 e. The van der Waals surface area contributed by atoms with Gasteiger partial charge in [0.25, 0.3) is 11.5 Å². The molecule has 0 fully saturated rings. The first-order valence-electron chi connectivity index (χ1n) is 8.79. The minimum absolute atomic E-state index is 0.0724. The van der Waals surface area contributed by atoms with Crippen LogP contribution in [0.25, 0.3) is 11.0 Å². The van der Waals surface area contributed by atoms with Gasteiger partial charge < -0.3 is 4.98 Å². The van der Waals surface area contributed by atoms with Crippen molar-refractivity contribution in [3.63, 3.8) is 0 Å². The van der Waals surface area contributed by atoms with Gasteiger partial charge in [0.2, 0.25) is 21.1 Å². The lowest BCUT2D eigenvalue weighted by Gasteiger charge is -2.10. The highest BCUT2D eigenvalue weighted by Gasteiger charge is 2.28. The van der Waals surface area contributed by atoms with Crippen molar-refractivity contribution in [2.45, 2.75) is 13.3 Å². The van der Waals surface area contributed by atoms with Crippen LogP contribution in [0.1, 0.15) is 39.6 Å². The number of ketones is 1. The molecule has 2 aromatic heterocycles. The van der Waals surface area contributed by atoms with Gasteiger partial charge in [0.1, 0.15) is 17.3 Å². The zero-order valence-electron chi connectivity index (χ0n) is 16.1. The Labute approximate surface area is 179 Å². The summed E-state index contributed by atoms with van der Waals surface area (Å²) in [6.45, 7) is 1.56. The van der Waals surface area contributed by atoms with Crippen molar-refractivity contribution in [3.8, 4) is 0 Å². The number of aromatic nitrogens is 3. The number of carbonyl (C=O) groups excluding carboxylic acids is 2. The van der Waals surface area contributed by atoms with E-state index in [1.165, 1.54) is 7.05 Å². The van der Waals surface area contributed by atoms with E-state index in [-0.39, 0.29) is 28.5 Å². The average Bonchev–Trinajstić information content (AvgIpc) is 3.09. The Morgan fingerprint density at radius 2 is 1.94 bits per heavy atom. The van der Waals surface area contributed by atoms with E-state index >= 15 is 0 Å². The quantitative estimate of drug-likeness (QED) is 0.416. The molecule has 2 N–H and O–H groups in total. The fourth-order valence-corrected chi connectivity index (χ4v) is 4.09. The first-order chi connectivity index (χ1) is 14.5. The van der Waals surface area contributed by atoms with E-state index in [1.807, 2.05) is 0 Å². The molecule has 9 nitrogen and oxygen atoms in total. The van der Waals surface area contributed by atoms with E-state index in [2.05, 4.69) is 9.97 Å². The van der Waals surface area contributed by atoms with Crippen molar-refractivity contribution in [1.29, 1.82) is 0 Å². The van der Waals surface area contributed by atoms with Crippen LogP contribution in [0.5, 0.6) is 0 Å². The lowest BCUT2D eigenvalue weighted by atomic mass is 10.00. The first-order valence-corrected chi connectivity index (χ1v) is 10.8. The number of carbonyl (C=O) groups is 2. The monoisotopic (exact) mass is 472 g/mol. The van der Waals surface area contributed by atoms with Crippen LogP contribution in [0.15, 0.2) is 23.1 Å². The van der Waals surface area contributed by atoms with E-state index < -0.39 is 55.6 Å². The lowest BCUT2D eigenvalue weighted by Crippen LogP contribution is -2.33. The van der Waals surface area contributed by atoms with Gasteiger partial charge in [0.05, 0.1) is 27.8 Å². The van der Waals surface area contributed by atoms with Gasteiger partial charge in [-0.2, -0.15) is 0 Å². The maximum atomic E-state index is 15.0. The number of rotatable bonds is 6. The van der Waals surface area contributed by atoms with Crippen LogP contribution in [0.2, 0.25) is 5.28 Å². The second kappa shape index (κ2) is 8.19. The van der Waals surface area contributed by atoms with Crippen LogP contribution >= 0.6 is 11.6 Å². The lowest BCUT2D eigenvalue weighted by molar-refractivity contribution is 0.0977. The molecule has 0 radical (unpaired) electrons.